The Labute approximate surface area is 225 Å². The fourth-order valence-corrected chi connectivity index (χ4v) is 5.55. The molecule has 0 radical (unpaired) electrons. The average Bonchev–Trinajstić information content (AvgIpc) is 3.84. The van der Waals surface area contributed by atoms with Gasteiger partial charge in [-0.2, -0.15) is 0 Å². The Kier molecular flexibility index (Phi) is 4.17. The highest BCUT2D eigenvalue weighted by Gasteiger charge is 2.08. The summed E-state index contributed by atoms with van der Waals surface area (Å²) in [4.78, 5) is 31.0. The smallest absolute Gasteiger partial charge is 0.0873 e. The van der Waals surface area contributed by atoms with Gasteiger partial charge < -0.3 is 29.9 Å². The Morgan fingerprint density at radius 2 is 0.425 bits per heavy atom. The number of nitrogens with zero attached hydrogens (tertiary/aromatic N) is 2. The summed E-state index contributed by atoms with van der Waals surface area (Å²) >= 11 is 0. The van der Waals surface area contributed by atoms with Crippen molar-refractivity contribution in [1.29, 1.82) is 0 Å². The van der Waals surface area contributed by atoms with E-state index in [1.165, 1.54) is 0 Å². The van der Waals surface area contributed by atoms with Crippen molar-refractivity contribution < 1.29 is 0 Å². The molecule has 40 heavy (non-hydrogen) atoms. The van der Waals surface area contributed by atoms with Gasteiger partial charge in [-0.3, -0.25) is 0 Å². The number of hydrogen-bond donors (Lipinski definition) is 6. The molecule has 0 atom stereocenters. The highest BCUT2D eigenvalue weighted by Crippen LogP contribution is 2.24. The van der Waals surface area contributed by atoms with Crippen LogP contribution in [0.2, 0.25) is 0 Å². The zero-order valence-corrected chi connectivity index (χ0v) is 21.1. The molecule has 2 aliphatic heterocycles. The normalized spacial score (nSPS) is 12.8. The van der Waals surface area contributed by atoms with Gasteiger partial charge in [-0.05, 0) is 97.1 Å². The first kappa shape index (κ1) is 21.2. The molecule has 0 unspecified atom stereocenters. The Hall–Kier alpha value is -5.76. The molecule has 6 N–H and O–H groups in total. The van der Waals surface area contributed by atoms with Gasteiger partial charge in [0, 0.05) is 0 Å². The number of nitrogens with one attached hydrogen (secondary N) is 6. The van der Waals surface area contributed by atoms with E-state index in [1.54, 1.807) is 0 Å². The van der Waals surface area contributed by atoms with Gasteiger partial charge in [0.15, 0.2) is 0 Å². The predicted molar refractivity (Wildman–Crippen MR) is 164 cm³/mol. The van der Waals surface area contributed by atoms with E-state index in [0.29, 0.717) is 0 Å². The van der Waals surface area contributed by atoms with Crippen molar-refractivity contribution in [1.82, 2.24) is 39.9 Å². The number of rotatable bonds is 0. The minimum atomic E-state index is 0.902. The second-order valence-electron chi connectivity index (χ2n) is 10.1. The molecule has 0 aliphatic carbocycles. The standard InChI is InChI=1S/C32H22N8/c1-2-18-20-5-6-23(35-20)24-9-10-27(37-24)28-13-14-31(39-28)32-16-15-30(40-32)29-12-11-26(38-29)25-8-7-22(36-25)21-4-3-19(34-21)17(1)33-18/h1-16,33-35,38-40H. The minimum Gasteiger partial charge on any atom is -0.352 e. The van der Waals surface area contributed by atoms with Gasteiger partial charge in [0.25, 0.3) is 0 Å². The van der Waals surface area contributed by atoms with Gasteiger partial charge in [0.05, 0.1) is 89.0 Å². The highest BCUT2D eigenvalue weighted by atomic mass is 14.9. The molecule has 0 saturated heterocycles. The van der Waals surface area contributed by atoms with E-state index in [1.807, 2.05) is 24.3 Å². The molecule has 16 bridgehead atoms. The summed E-state index contributed by atoms with van der Waals surface area (Å²) < 4.78 is 0. The van der Waals surface area contributed by atoms with E-state index < -0.39 is 0 Å². The van der Waals surface area contributed by atoms with Crippen molar-refractivity contribution in [2.24, 2.45) is 0 Å². The zero-order valence-electron chi connectivity index (χ0n) is 21.1. The van der Waals surface area contributed by atoms with E-state index >= 15 is 0 Å². The summed E-state index contributed by atoms with van der Waals surface area (Å²) in [5.41, 5.74) is 15.5. The van der Waals surface area contributed by atoms with Gasteiger partial charge in [-0.1, -0.05) is 0 Å². The lowest BCUT2D eigenvalue weighted by Gasteiger charge is -1.89. The molecule has 0 aromatic carbocycles. The molecule has 2 aliphatic rings. The summed E-state index contributed by atoms with van der Waals surface area (Å²) in [6, 6.07) is 25.0. The molecular formula is C32H22N8. The molecule has 8 nitrogen and oxygen atoms in total. The lowest BCUT2D eigenvalue weighted by atomic mass is 10.3. The summed E-state index contributed by atoms with van der Waals surface area (Å²) in [6.07, 6.45) is 8.19. The molecular weight excluding hydrogens is 496 g/mol. The summed E-state index contributed by atoms with van der Waals surface area (Å²) in [5, 5.41) is 0. The van der Waals surface area contributed by atoms with E-state index in [9.17, 15) is 0 Å². The van der Waals surface area contributed by atoms with Crippen LogP contribution in [0.4, 0.5) is 0 Å². The molecule has 0 spiro atoms. The first-order valence-electron chi connectivity index (χ1n) is 13.2. The lowest BCUT2D eigenvalue weighted by Crippen LogP contribution is -1.78. The molecule has 9 rings (SSSR count). The Bertz CT molecular complexity index is 2110. The molecule has 0 amide bonds. The fourth-order valence-electron chi connectivity index (χ4n) is 5.55. The predicted octanol–water partition coefficient (Wildman–Crippen LogP) is 7.71. The first-order chi connectivity index (χ1) is 19.7. The number of aromatic nitrogens is 8. The quantitative estimate of drug-likeness (QED) is 0.123. The monoisotopic (exact) mass is 518 g/mol. The Balaban J connectivity index is 1.34. The molecule has 0 fully saturated rings. The van der Waals surface area contributed by atoms with Crippen molar-refractivity contribution in [2.75, 3.05) is 0 Å². The third-order valence-electron chi connectivity index (χ3n) is 7.66. The van der Waals surface area contributed by atoms with E-state index in [2.05, 4.69) is 103 Å². The largest absolute Gasteiger partial charge is 0.352 e. The minimum absolute atomic E-state index is 0.902. The van der Waals surface area contributed by atoms with E-state index in [0.717, 1.165) is 89.0 Å². The van der Waals surface area contributed by atoms with Gasteiger partial charge in [0.1, 0.15) is 0 Å². The van der Waals surface area contributed by atoms with Gasteiger partial charge in [-0.15, -0.1) is 0 Å². The summed E-state index contributed by atoms with van der Waals surface area (Å²) in [7, 11) is 0. The molecule has 8 heteroatoms. The Morgan fingerprint density at radius 1 is 0.250 bits per heavy atom. The average molecular weight is 519 g/mol. The number of fused-ring (bicyclic) bond motifs is 24. The number of aromatic amines is 6. The van der Waals surface area contributed by atoms with Crippen molar-refractivity contribution in [2.45, 2.75) is 0 Å². The van der Waals surface area contributed by atoms with Crippen LogP contribution in [0.25, 0.3) is 90.5 Å². The van der Waals surface area contributed by atoms with Crippen molar-refractivity contribution in [3.8, 4) is 0 Å². The lowest BCUT2D eigenvalue weighted by molar-refractivity contribution is 1.32. The van der Waals surface area contributed by atoms with Crippen LogP contribution in [0.15, 0.2) is 72.8 Å². The van der Waals surface area contributed by atoms with Crippen LogP contribution in [0, 0.1) is 0 Å². The van der Waals surface area contributed by atoms with Crippen LogP contribution in [-0.2, 0) is 0 Å². The van der Waals surface area contributed by atoms with Crippen LogP contribution in [-0.4, -0.2) is 39.9 Å². The maximum absolute atomic E-state index is 4.90. The zero-order chi connectivity index (χ0) is 26.2. The van der Waals surface area contributed by atoms with Gasteiger partial charge in [-0.25, -0.2) is 9.97 Å². The molecule has 190 valence electrons. The highest BCUT2D eigenvalue weighted by molar-refractivity contribution is 5.92. The SMILES string of the molecule is C1=Cc2nc1c1ccc([nH]1)c1ccc([nH]1)c1ccc([nH]1)c1nc(c3ccc([nH]3)c3ccc([nH]3)c3ccc2[nH]3)C=C1. The van der Waals surface area contributed by atoms with Crippen LogP contribution in [0.1, 0.15) is 22.8 Å². The third-order valence-corrected chi connectivity index (χ3v) is 7.66. The Morgan fingerprint density at radius 3 is 0.650 bits per heavy atom. The summed E-state index contributed by atoms with van der Waals surface area (Å²) in [6.45, 7) is 0. The third kappa shape index (κ3) is 3.26. The topological polar surface area (TPSA) is 121 Å². The van der Waals surface area contributed by atoms with Crippen LogP contribution in [0.5, 0.6) is 0 Å². The molecule has 9 heterocycles. The first-order valence-corrected chi connectivity index (χ1v) is 13.2. The second kappa shape index (κ2) is 7.87. The molecule has 7 aromatic rings. The van der Waals surface area contributed by atoms with E-state index in [-0.39, 0.29) is 0 Å². The molecule has 7 aromatic heterocycles. The molecule has 0 saturated carbocycles. The van der Waals surface area contributed by atoms with Crippen LogP contribution < -0.4 is 0 Å². The maximum atomic E-state index is 4.90. The van der Waals surface area contributed by atoms with Crippen molar-refractivity contribution in [3.05, 3.63) is 95.6 Å². The van der Waals surface area contributed by atoms with Crippen molar-refractivity contribution in [3.63, 3.8) is 0 Å². The van der Waals surface area contributed by atoms with Gasteiger partial charge in [0.2, 0.25) is 0 Å². The maximum Gasteiger partial charge on any atom is 0.0873 e. The summed E-state index contributed by atoms with van der Waals surface area (Å²) in [5.74, 6) is 0. The van der Waals surface area contributed by atoms with Crippen LogP contribution >= 0.6 is 0 Å². The number of hydrogen-bond acceptors (Lipinski definition) is 2. The fraction of sp³-hybridized carbons (Fsp3) is 0. The number of H-pyrrole nitrogens is 6. The second-order valence-corrected chi connectivity index (χ2v) is 10.1. The van der Waals surface area contributed by atoms with E-state index in [4.69, 9.17) is 9.97 Å². The van der Waals surface area contributed by atoms with Gasteiger partial charge >= 0.3 is 0 Å². The van der Waals surface area contributed by atoms with Crippen LogP contribution in [0.3, 0.4) is 0 Å². The van der Waals surface area contributed by atoms with Crippen molar-refractivity contribution >= 4 is 90.5 Å².